The summed E-state index contributed by atoms with van der Waals surface area (Å²) in [5.41, 5.74) is 4.30. The molecular weight excluding hydrogens is 392 g/mol. The number of nitrogens with zero attached hydrogens (tertiary/aromatic N) is 3. The van der Waals surface area contributed by atoms with Gasteiger partial charge < -0.3 is 15.2 Å². The third kappa shape index (κ3) is 4.77. The molecule has 7 nitrogen and oxygen atoms in total. The van der Waals surface area contributed by atoms with Gasteiger partial charge >= 0.3 is 0 Å². The van der Waals surface area contributed by atoms with Gasteiger partial charge in [-0.25, -0.2) is 9.67 Å². The number of carbonyl (C=O) groups is 1. The maximum absolute atomic E-state index is 12.9. The second-order valence-corrected chi connectivity index (χ2v) is 8.03. The Balaban J connectivity index is 1.55. The third-order valence-corrected chi connectivity index (χ3v) is 5.91. The first-order chi connectivity index (χ1) is 15.0. The van der Waals surface area contributed by atoms with Crippen LogP contribution in [0.25, 0.3) is 5.69 Å². The summed E-state index contributed by atoms with van der Waals surface area (Å²) in [5.74, 6) is 0.166. The molecule has 1 amide bonds. The molecule has 0 unspecified atom stereocenters. The molecule has 2 heterocycles. The van der Waals surface area contributed by atoms with Gasteiger partial charge in [-0.3, -0.25) is 4.79 Å². The minimum atomic E-state index is -0.502. The molecule has 0 saturated heterocycles. The number of pyridine rings is 1. The zero-order valence-corrected chi connectivity index (χ0v) is 17.9. The summed E-state index contributed by atoms with van der Waals surface area (Å²) >= 11 is 0. The molecule has 1 fully saturated rings. The number of aromatic nitrogens is 3. The molecule has 0 bridgehead atoms. The Kier molecular flexibility index (Phi) is 6.32. The van der Waals surface area contributed by atoms with Crippen LogP contribution >= 0.6 is 0 Å². The smallest absolute Gasteiger partial charge is 0.270 e. The summed E-state index contributed by atoms with van der Waals surface area (Å²) < 4.78 is 7.25. The standard InChI is InChI=1S/C24H28N4O3/c1-16-18(14-17-8-10-19(11-9-17)28-13-5-12-25-28)15-21(27-24(16)31-2)23(30)26-20-6-3-4-7-22(20)29/h5,8-13,15,20,22,29H,3-4,6-7,14H2,1-2H3,(H,26,30)/t20-,22-/m0/s1. The van der Waals surface area contributed by atoms with Gasteiger partial charge in [-0.05, 0) is 61.6 Å². The number of methoxy groups -OCH3 is 1. The molecule has 1 saturated carbocycles. The molecule has 7 heteroatoms. The fourth-order valence-electron chi connectivity index (χ4n) is 4.06. The molecule has 2 N–H and O–H groups in total. The van der Waals surface area contributed by atoms with Crippen molar-refractivity contribution in [3.63, 3.8) is 0 Å². The van der Waals surface area contributed by atoms with Crippen molar-refractivity contribution < 1.29 is 14.6 Å². The molecule has 0 radical (unpaired) electrons. The predicted octanol–water partition coefficient (Wildman–Crippen LogP) is 3.21. The average Bonchev–Trinajstić information content (AvgIpc) is 3.32. The summed E-state index contributed by atoms with van der Waals surface area (Å²) in [4.78, 5) is 17.3. The maximum Gasteiger partial charge on any atom is 0.270 e. The van der Waals surface area contributed by atoms with Crippen LogP contribution in [0.4, 0.5) is 0 Å². The highest BCUT2D eigenvalue weighted by molar-refractivity contribution is 5.93. The number of rotatable bonds is 6. The first kappa shape index (κ1) is 21.1. The quantitative estimate of drug-likeness (QED) is 0.639. The van der Waals surface area contributed by atoms with E-state index in [1.165, 1.54) is 0 Å². The Morgan fingerprint density at radius 2 is 2.03 bits per heavy atom. The van der Waals surface area contributed by atoms with E-state index < -0.39 is 6.10 Å². The number of aliphatic hydroxyl groups is 1. The molecule has 1 aromatic carbocycles. The van der Waals surface area contributed by atoms with Gasteiger partial charge in [0.2, 0.25) is 5.88 Å². The predicted molar refractivity (Wildman–Crippen MR) is 118 cm³/mol. The van der Waals surface area contributed by atoms with Crippen molar-refractivity contribution in [2.75, 3.05) is 7.11 Å². The molecule has 1 aliphatic carbocycles. The molecule has 1 aliphatic rings. The minimum absolute atomic E-state index is 0.228. The molecule has 162 valence electrons. The van der Waals surface area contributed by atoms with Crippen LogP contribution in [0.5, 0.6) is 5.88 Å². The van der Waals surface area contributed by atoms with Crippen LogP contribution < -0.4 is 10.1 Å². The monoisotopic (exact) mass is 420 g/mol. The number of hydrogen-bond acceptors (Lipinski definition) is 5. The van der Waals surface area contributed by atoms with E-state index in [-0.39, 0.29) is 11.9 Å². The maximum atomic E-state index is 12.9. The van der Waals surface area contributed by atoms with E-state index in [0.29, 0.717) is 18.0 Å². The number of hydrogen-bond donors (Lipinski definition) is 2. The Labute approximate surface area is 182 Å². The topological polar surface area (TPSA) is 89.3 Å². The molecule has 3 aromatic rings. The second kappa shape index (κ2) is 9.31. The molecule has 0 aliphatic heterocycles. The molecule has 2 atom stereocenters. The van der Waals surface area contributed by atoms with Gasteiger partial charge in [0.15, 0.2) is 0 Å². The third-order valence-electron chi connectivity index (χ3n) is 5.91. The first-order valence-corrected chi connectivity index (χ1v) is 10.7. The van der Waals surface area contributed by atoms with Crippen LogP contribution in [-0.2, 0) is 6.42 Å². The van der Waals surface area contributed by atoms with Crippen molar-refractivity contribution in [2.24, 2.45) is 0 Å². The second-order valence-electron chi connectivity index (χ2n) is 8.03. The highest BCUT2D eigenvalue weighted by Crippen LogP contribution is 2.24. The van der Waals surface area contributed by atoms with E-state index in [4.69, 9.17) is 4.74 Å². The van der Waals surface area contributed by atoms with Gasteiger partial charge in [0.1, 0.15) is 5.69 Å². The molecule has 31 heavy (non-hydrogen) atoms. The number of ether oxygens (including phenoxy) is 1. The van der Waals surface area contributed by atoms with Gasteiger partial charge in [0, 0.05) is 18.0 Å². The summed E-state index contributed by atoms with van der Waals surface area (Å²) in [6, 6.07) is 11.6. The van der Waals surface area contributed by atoms with Crippen LogP contribution in [0, 0.1) is 6.92 Å². The van der Waals surface area contributed by atoms with Crippen molar-refractivity contribution >= 4 is 5.91 Å². The summed E-state index contributed by atoms with van der Waals surface area (Å²) in [5, 5.41) is 17.4. The van der Waals surface area contributed by atoms with Crippen molar-refractivity contribution in [3.05, 3.63) is 71.2 Å². The van der Waals surface area contributed by atoms with E-state index in [2.05, 4.69) is 27.5 Å². The molecule has 4 rings (SSSR count). The van der Waals surface area contributed by atoms with Gasteiger partial charge in [0.25, 0.3) is 5.91 Å². The van der Waals surface area contributed by atoms with Crippen LogP contribution in [0.2, 0.25) is 0 Å². The van der Waals surface area contributed by atoms with E-state index >= 15 is 0 Å². The lowest BCUT2D eigenvalue weighted by Gasteiger charge is -2.28. The lowest BCUT2D eigenvalue weighted by atomic mass is 9.92. The van der Waals surface area contributed by atoms with Crippen LogP contribution in [0.3, 0.4) is 0 Å². The Morgan fingerprint density at radius 1 is 1.26 bits per heavy atom. The summed E-state index contributed by atoms with van der Waals surface area (Å²) in [7, 11) is 1.56. The van der Waals surface area contributed by atoms with Gasteiger partial charge in [-0.2, -0.15) is 5.10 Å². The van der Waals surface area contributed by atoms with Crippen LogP contribution in [0.15, 0.2) is 48.8 Å². The van der Waals surface area contributed by atoms with Gasteiger partial charge in [-0.1, -0.05) is 25.0 Å². The SMILES string of the molecule is COc1nc(C(=O)N[C@H]2CCCC[C@@H]2O)cc(Cc2ccc(-n3cccn3)cc2)c1C. The molecular formula is C24H28N4O3. The van der Waals surface area contributed by atoms with Crippen molar-refractivity contribution in [3.8, 4) is 11.6 Å². The highest BCUT2D eigenvalue weighted by Gasteiger charge is 2.26. The Morgan fingerprint density at radius 3 is 2.71 bits per heavy atom. The Bertz CT molecular complexity index is 1030. The highest BCUT2D eigenvalue weighted by atomic mass is 16.5. The lowest BCUT2D eigenvalue weighted by molar-refractivity contribution is 0.0713. The van der Waals surface area contributed by atoms with Crippen LogP contribution in [-0.4, -0.2) is 45.0 Å². The normalized spacial score (nSPS) is 18.5. The van der Waals surface area contributed by atoms with Crippen molar-refractivity contribution in [1.29, 1.82) is 0 Å². The largest absolute Gasteiger partial charge is 0.481 e. The van der Waals surface area contributed by atoms with E-state index in [1.54, 1.807) is 13.3 Å². The lowest BCUT2D eigenvalue weighted by Crippen LogP contribution is -2.45. The zero-order chi connectivity index (χ0) is 21.8. The number of carbonyl (C=O) groups excluding carboxylic acids is 1. The van der Waals surface area contributed by atoms with Gasteiger partial charge in [0.05, 0.1) is 24.9 Å². The van der Waals surface area contributed by atoms with Gasteiger partial charge in [-0.15, -0.1) is 0 Å². The summed E-state index contributed by atoms with van der Waals surface area (Å²) in [6.45, 7) is 1.95. The number of benzene rings is 1. The average molecular weight is 421 g/mol. The van der Waals surface area contributed by atoms with E-state index in [1.807, 2.05) is 42.1 Å². The minimum Gasteiger partial charge on any atom is -0.481 e. The van der Waals surface area contributed by atoms with Crippen molar-refractivity contribution in [1.82, 2.24) is 20.1 Å². The fraction of sp³-hybridized carbons (Fsp3) is 0.375. The number of nitrogens with one attached hydrogen (secondary N) is 1. The van der Waals surface area contributed by atoms with Crippen molar-refractivity contribution in [2.45, 2.75) is 51.2 Å². The number of amides is 1. The first-order valence-electron chi connectivity index (χ1n) is 10.7. The van der Waals surface area contributed by atoms with E-state index in [9.17, 15) is 9.90 Å². The molecule has 0 spiro atoms. The zero-order valence-electron chi connectivity index (χ0n) is 17.9. The number of aliphatic hydroxyl groups excluding tert-OH is 1. The Hall–Kier alpha value is -3.19. The van der Waals surface area contributed by atoms with E-state index in [0.717, 1.165) is 48.1 Å². The molecule has 2 aromatic heterocycles. The summed E-state index contributed by atoms with van der Waals surface area (Å²) in [6.07, 6.45) is 7.30. The van der Waals surface area contributed by atoms with Crippen LogP contribution in [0.1, 0.15) is 52.9 Å². The fourth-order valence-corrected chi connectivity index (χ4v) is 4.06.